The summed E-state index contributed by atoms with van der Waals surface area (Å²) in [7, 11) is 1.05. The summed E-state index contributed by atoms with van der Waals surface area (Å²) in [4.78, 5) is -0.303. The maximum atomic E-state index is 12.7. The molecule has 2 nitrogen and oxygen atoms in total. The first kappa shape index (κ1) is 10.4. The van der Waals surface area contributed by atoms with Crippen molar-refractivity contribution < 1.29 is 17.2 Å². The Bertz CT molecular complexity index is 417. The zero-order valence-electron chi connectivity index (χ0n) is 6.30. The van der Waals surface area contributed by atoms with Crippen LogP contribution in [0.4, 0.5) is 8.78 Å². The lowest BCUT2D eigenvalue weighted by Crippen LogP contribution is -1.94. The first-order valence-electron chi connectivity index (χ1n) is 3.24. The summed E-state index contributed by atoms with van der Waals surface area (Å²) >= 11 is 0. The van der Waals surface area contributed by atoms with Gasteiger partial charge in [0.25, 0.3) is 9.05 Å². The predicted octanol–water partition coefficient (Wildman–Crippen LogP) is 2.22. The molecule has 0 saturated heterocycles. The normalized spacial score (nSPS) is 11.6. The van der Waals surface area contributed by atoms with Gasteiger partial charge in [0.1, 0.15) is 12.5 Å². The van der Waals surface area contributed by atoms with E-state index in [4.69, 9.17) is 10.7 Å². The van der Waals surface area contributed by atoms with Crippen LogP contribution in [-0.2, 0) is 15.7 Å². The quantitative estimate of drug-likeness (QED) is 0.725. The molecule has 0 atom stereocenters. The fourth-order valence-corrected chi connectivity index (χ4v) is 1.61. The molecule has 13 heavy (non-hydrogen) atoms. The molecule has 1 aromatic rings. The second-order valence-corrected chi connectivity index (χ2v) is 4.89. The van der Waals surface area contributed by atoms with Crippen molar-refractivity contribution in [1.29, 1.82) is 0 Å². The van der Waals surface area contributed by atoms with E-state index in [9.17, 15) is 17.2 Å². The molecular weight excluding hydrogens is 222 g/mol. The van der Waals surface area contributed by atoms with Gasteiger partial charge in [-0.3, -0.25) is 0 Å². The van der Waals surface area contributed by atoms with Crippen molar-refractivity contribution in [2.24, 2.45) is 0 Å². The smallest absolute Gasteiger partial charge is 0.246 e. The van der Waals surface area contributed by atoms with Gasteiger partial charge in [-0.1, -0.05) is 0 Å². The molecule has 0 unspecified atom stereocenters. The van der Waals surface area contributed by atoms with Crippen molar-refractivity contribution in [2.75, 3.05) is 0 Å². The SMILES string of the molecule is O=S(=O)(Cl)c1ccc(F)c(CF)c1. The Kier molecular flexibility index (Phi) is 2.87. The fourth-order valence-electron chi connectivity index (χ4n) is 0.805. The van der Waals surface area contributed by atoms with Crippen LogP contribution in [0, 0.1) is 5.82 Å². The van der Waals surface area contributed by atoms with Gasteiger partial charge in [-0.15, -0.1) is 0 Å². The molecule has 0 N–H and O–H groups in total. The van der Waals surface area contributed by atoms with Crippen LogP contribution >= 0.6 is 10.7 Å². The number of halogens is 3. The molecule has 0 spiro atoms. The first-order valence-corrected chi connectivity index (χ1v) is 5.55. The van der Waals surface area contributed by atoms with Gasteiger partial charge in [0.05, 0.1) is 4.90 Å². The predicted molar refractivity (Wildman–Crippen MR) is 44.3 cm³/mol. The molecule has 6 heteroatoms. The fraction of sp³-hybridized carbons (Fsp3) is 0.143. The Hall–Kier alpha value is -0.680. The van der Waals surface area contributed by atoms with Gasteiger partial charge < -0.3 is 0 Å². The highest BCUT2D eigenvalue weighted by Crippen LogP contribution is 2.19. The van der Waals surface area contributed by atoms with Crippen LogP contribution in [0.2, 0.25) is 0 Å². The lowest BCUT2D eigenvalue weighted by atomic mass is 10.2. The maximum Gasteiger partial charge on any atom is 0.261 e. The molecule has 0 aliphatic carbocycles. The third kappa shape index (κ3) is 2.38. The highest BCUT2D eigenvalue weighted by Gasteiger charge is 2.12. The van der Waals surface area contributed by atoms with E-state index in [1.54, 1.807) is 0 Å². The average molecular weight is 227 g/mol. The largest absolute Gasteiger partial charge is 0.261 e. The number of hydrogen-bond acceptors (Lipinski definition) is 2. The van der Waals surface area contributed by atoms with Crippen molar-refractivity contribution in [1.82, 2.24) is 0 Å². The topological polar surface area (TPSA) is 34.1 Å². The van der Waals surface area contributed by atoms with Crippen LogP contribution in [0.25, 0.3) is 0 Å². The third-order valence-corrected chi connectivity index (χ3v) is 2.79. The molecule has 72 valence electrons. The number of rotatable bonds is 2. The van der Waals surface area contributed by atoms with Crippen LogP contribution in [0.15, 0.2) is 23.1 Å². The summed E-state index contributed by atoms with van der Waals surface area (Å²) in [6, 6.07) is 2.72. The number of hydrogen-bond donors (Lipinski definition) is 0. The molecule has 0 aromatic heterocycles. The van der Waals surface area contributed by atoms with E-state index < -0.39 is 21.5 Å². The van der Waals surface area contributed by atoms with Crippen LogP contribution < -0.4 is 0 Å². The van der Waals surface area contributed by atoms with Crippen LogP contribution in [0.1, 0.15) is 5.56 Å². The summed E-state index contributed by atoms with van der Waals surface area (Å²) < 4.78 is 46.2. The number of benzene rings is 1. The van der Waals surface area contributed by atoms with Crippen molar-refractivity contribution >= 4 is 19.7 Å². The standard InChI is InChI=1S/C7H5ClF2O2S/c8-13(11,12)6-1-2-7(10)5(3-6)4-9/h1-3H,4H2. The minimum absolute atomic E-state index is 0.303. The first-order chi connectivity index (χ1) is 5.95. The second-order valence-electron chi connectivity index (χ2n) is 2.32. The average Bonchev–Trinajstić information content (AvgIpc) is 2.03. The molecule has 1 aromatic carbocycles. The Morgan fingerprint density at radius 2 is 2.00 bits per heavy atom. The minimum Gasteiger partial charge on any atom is -0.246 e. The molecule has 0 bridgehead atoms. The maximum absolute atomic E-state index is 12.7. The van der Waals surface area contributed by atoms with Gasteiger partial charge in [-0.05, 0) is 18.2 Å². The summed E-state index contributed by atoms with van der Waals surface area (Å²) in [5.74, 6) is -0.786. The van der Waals surface area contributed by atoms with E-state index in [2.05, 4.69) is 0 Å². The Morgan fingerprint density at radius 3 is 2.46 bits per heavy atom. The Labute approximate surface area is 78.6 Å². The number of alkyl halides is 1. The van der Waals surface area contributed by atoms with Gasteiger partial charge >= 0.3 is 0 Å². The third-order valence-electron chi connectivity index (χ3n) is 1.44. The van der Waals surface area contributed by atoms with E-state index in [1.807, 2.05) is 0 Å². The molecule has 0 radical (unpaired) electrons. The van der Waals surface area contributed by atoms with Crippen molar-refractivity contribution in [3.63, 3.8) is 0 Å². The molecule has 0 fully saturated rings. The minimum atomic E-state index is -3.91. The highest BCUT2D eigenvalue weighted by atomic mass is 35.7. The van der Waals surface area contributed by atoms with E-state index in [1.165, 1.54) is 0 Å². The van der Waals surface area contributed by atoms with Gasteiger partial charge in [0.2, 0.25) is 0 Å². The zero-order chi connectivity index (χ0) is 10.1. The van der Waals surface area contributed by atoms with Crippen LogP contribution in [-0.4, -0.2) is 8.42 Å². The summed E-state index contributed by atoms with van der Waals surface area (Å²) in [5, 5.41) is 0. The molecule has 0 amide bonds. The summed E-state index contributed by atoms with van der Waals surface area (Å²) in [6.07, 6.45) is 0. The van der Waals surface area contributed by atoms with Crippen molar-refractivity contribution in [3.8, 4) is 0 Å². The second kappa shape index (κ2) is 3.59. The van der Waals surface area contributed by atoms with Crippen LogP contribution in [0.3, 0.4) is 0 Å². The summed E-state index contributed by atoms with van der Waals surface area (Å²) in [6.45, 7) is -1.06. The molecule has 0 aliphatic rings. The molecule has 1 rings (SSSR count). The van der Waals surface area contributed by atoms with E-state index in [0.29, 0.717) is 0 Å². The van der Waals surface area contributed by atoms with Gasteiger partial charge in [-0.25, -0.2) is 17.2 Å². The van der Waals surface area contributed by atoms with E-state index in [0.717, 1.165) is 18.2 Å². The monoisotopic (exact) mass is 226 g/mol. The van der Waals surface area contributed by atoms with E-state index >= 15 is 0 Å². The molecule has 0 aliphatic heterocycles. The van der Waals surface area contributed by atoms with Gasteiger partial charge in [0, 0.05) is 16.2 Å². The van der Waals surface area contributed by atoms with Crippen molar-refractivity contribution in [2.45, 2.75) is 11.6 Å². The lowest BCUT2D eigenvalue weighted by Gasteiger charge is -1.99. The zero-order valence-corrected chi connectivity index (χ0v) is 7.87. The van der Waals surface area contributed by atoms with Gasteiger partial charge in [-0.2, -0.15) is 0 Å². The Balaban J connectivity index is 3.30. The van der Waals surface area contributed by atoms with Crippen molar-refractivity contribution in [3.05, 3.63) is 29.6 Å². The molecule has 0 heterocycles. The highest BCUT2D eigenvalue weighted by molar-refractivity contribution is 8.13. The van der Waals surface area contributed by atoms with Gasteiger partial charge in [0.15, 0.2) is 0 Å². The summed E-state index contributed by atoms with van der Waals surface area (Å²) in [5.41, 5.74) is -0.318. The molecule has 0 saturated carbocycles. The lowest BCUT2D eigenvalue weighted by molar-refractivity contribution is 0.463. The Morgan fingerprint density at radius 1 is 1.38 bits per heavy atom. The van der Waals surface area contributed by atoms with E-state index in [-0.39, 0.29) is 10.5 Å². The molecular formula is C7H5ClF2O2S. The van der Waals surface area contributed by atoms with Crippen LogP contribution in [0.5, 0.6) is 0 Å².